The molecule has 1 atom stereocenters. The molecule has 16 heavy (non-hydrogen) atoms. The lowest BCUT2D eigenvalue weighted by atomic mass is 10.0. The molecule has 0 saturated carbocycles. The third-order valence-electron chi connectivity index (χ3n) is 3.39. The maximum atomic E-state index is 11.5. The number of ether oxygens (including phenoxy) is 2. The lowest BCUT2D eigenvalue weighted by Crippen LogP contribution is -2.40. The smallest absolute Gasteiger partial charge is 0.323 e. The minimum Gasteiger partial charge on any atom is -0.468 e. The van der Waals surface area contributed by atoms with E-state index in [9.17, 15) is 4.79 Å². The van der Waals surface area contributed by atoms with Gasteiger partial charge in [-0.05, 0) is 39.7 Å². The Morgan fingerprint density at radius 1 is 1.44 bits per heavy atom. The molecule has 0 aromatic heterocycles. The van der Waals surface area contributed by atoms with Crippen LogP contribution in [-0.4, -0.2) is 49.8 Å². The van der Waals surface area contributed by atoms with Crippen LogP contribution < -0.4 is 0 Å². The molecule has 0 bridgehead atoms. The van der Waals surface area contributed by atoms with Crippen LogP contribution in [0.15, 0.2) is 0 Å². The first-order chi connectivity index (χ1) is 7.50. The van der Waals surface area contributed by atoms with Crippen LogP contribution in [0.5, 0.6) is 0 Å². The fraction of sp³-hybridized carbons (Fsp3) is 0.917. The minimum atomic E-state index is -0.122. The van der Waals surface area contributed by atoms with Gasteiger partial charge in [0.2, 0.25) is 0 Å². The fourth-order valence-electron chi connectivity index (χ4n) is 2.01. The van der Waals surface area contributed by atoms with E-state index in [4.69, 9.17) is 9.47 Å². The Balaban J connectivity index is 2.44. The van der Waals surface area contributed by atoms with Gasteiger partial charge in [0.25, 0.3) is 0 Å². The zero-order chi connectivity index (χ0) is 12.2. The van der Waals surface area contributed by atoms with Gasteiger partial charge in [0.05, 0.1) is 12.7 Å². The van der Waals surface area contributed by atoms with Gasteiger partial charge in [0.1, 0.15) is 6.04 Å². The number of likely N-dealkylation sites (tertiary alicyclic amines) is 1. The molecule has 94 valence electrons. The minimum absolute atomic E-state index is 0.0438. The van der Waals surface area contributed by atoms with Crippen LogP contribution in [0, 0.1) is 0 Å². The zero-order valence-corrected chi connectivity index (χ0v) is 10.8. The predicted molar refractivity (Wildman–Crippen MR) is 62.3 cm³/mol. The summed E-state index contributed by atoms with van der Waals surface area (Å²) in [6.45, 7) is 6.01. The molecule has 0 amide bonds. The highest BCUT2D eigenvalue weighted by Crippen LogP contribution is 2.21. The molecule has 4 heteroatoms. The summed E-state index contributed by atoms with van der Waals surface area (Å²) in [4.78, 5) is 13.7. The summed E-state index contributed by atoms with van der Waals surface area (Å²) in [5.74, 6) is -0.104. The average molecular weight is 229 g/mol. The number of hydrogen-bond acceptors (Lipinski definition) is 4. The van der Waals surface area contributed by atoms with E-state index < -0.39 is 0 Å². The molecular weight excluding hydrogens is 206 g/mol. The van der Waals surface area contributed by atoms with Gasteiger partial charge in [-0.15, -0.1) is 0 Å². The molecule has 1 aliphatic heterocycles. The van der Waals surface area contributed by atoms with Crippen LogP contribution in [0.4, 0.5) is 0 Å². The molecule has 0 N–H and O–H groups in total. The number of carbonyl (C=O) groups excluding carboxylic acids is 1. The number of rotatable bonds is 5. The van der Waals surface area contributed by atoms with Crippen molar-refractivity contribution in [3.8, 4) is 0 Å². The Labute approximate surface area is 97.9 Å². The maximum absolute atomic E-state index is 11.5. The van der Waals surface area contributed by atoms with Crippen molar-refractivity contribution >= 4 is 5.97 Å². The van der Waals surface area contributed by atoms with Gasteiger partial charge in [-0.1, -0.05) is 0 Å². The topological polar surface area (TPSA) is 38.8 Å². The van der Waals surface area contributed by atoms with E-state index in [1.54, 1.807) is 7.11 Å². The van der Waals surface area contributed by atoms with Gasteiger partial charge in [-0.2, -0.15) is 0 Å². The second-order valence-electron chi connectivity index (χ2n) is 4.93. The van der Waals surface area contributed by atoms with Crippen molar-refractivity contribution in [3.63, 3.8) is 0 Å². The summed E-state index contributed by atoms with van der Waals surface area (Å²) < 4.78 is 10.2. The molecule has 1 rings (SSSR count). The summed E-state index contributed by atoms with van der Waals surface area (Å²) in [6.07, 6.45) is 2.92. The van der Waals surface area contributed by atoms with Crippen LogP contribution in [0.1, 0.15) is 33.1 Å². The fourth-order valence-corrected chi connectivity index (χ4v) is 2.01. The Hall–Kier alpha value is -0.610. The normalized spacial score (nSPS) is 22.4. The van der Waals surface area contributed by atoms with Gasteiger partial charge in [0, 0.05) is 13.7 Å². The van der Waals surface area contributed by atoms with Crippen molar-refractivity contribution in [2.24, 2.45) is 0 Å². The Kier molecular flexibility index (Phi) is 4.74. The standard InChI is InChI=1S/C12H23NO3/c1-12(2,16-4)7-9-13-8-5-6-10(13)11(14)15-3/h10H,5-9H2,1-4H3. The molecule has 1 heterocycles. The summed E-state index contributed by atoms with van der Waals surface area (Å²) in [7, 11) is 3.18. The second-order valence-corrected chi connectivity index (χ2v) is 4.93. The molecule has 0 spiro atoms. The third kappa shape index (κ3) is 3.46. The number of nitrogens with zero attached hydrogens (tertiary/aromatic N) is 1. The molecule has 1 unspecified atom stereocenters. The van der Waals surface area contributed by atoms with Gasteiger partial charge < -0.3 is 9.47 Å². The van der Waals surface area contributed by atoms with Crippen LogP contribution >= 0.6 is 0 Å². The summed E-state index contributed by atoms with van der Waals surface area (Å²) in [5.41, 5.74) is -0.122. The first-order valence-corrected chi connectivity index (χ1v) is 5.87. The third-order valence-corrected chi connectivity index (χ3v) is 3.39. The van der Waals surface area contributed by atoms with E-state index in [0.717, 1.165) is 32.4 Å². The maximum Gasteiger partial charge on any atom is 0.323 e. The van der Waals surface area contributed by atoms with Gasteiger partial charge in [-0.25, -0.2) is 0 Å². The molecule has 0 radical (unpaired) electrons. The summed E-state index contributed by atoms with van der Waals surface area (Å²) in [6, 6.07) is -0.0438. The van der Waals surface area contributed by atoms with Crippen molar-refractivity contribution < 1.29 is 14.3 Å². The van der Waals surface area contributed by atoms with E-state index in [-0.39, 0.29) is 17.6 Å². The predicted octanol–water partition coefficient (Wildman–Crippen LogP) is 1.44. The van der Waals surface area contributed by atoms with Crippen LogP contribution in [0.25, 0.3) is 0 Å². The Morgan fingerprint density at radius 3 is 2.69 bits per heavy atom. The van der Waals surface area contributed by atoms with E-state index in [2.05, 4.69) is 18.7 Å². The van der Waals surface area contributed by atoms with Gasteiger partial charge >= 0.3 is 5.97 Å². The van der Waals surface area contributed by atoms with Gasteiger partial charge in [-0.3, -0.25) is 9.69 Å². The van der Waals surface area contributed by atoms with Crippen molar-refractivity contribution in [1.82, 2.24) is 4.90 Å². The molecule has 1 fully saturated rings. The first kappa shape index (κ1) is 13.5. The number of methoxy groups -OCH3 is 2. The van der Waals surface area contributed by atoms with Crippen LogP contribution in [0.3, 0.4) is 0 Å². The molecule has 0 aromatic carbocycles. The molecule has 1 aliphatic rings. The number of hydrogen-bond donors (Lipinski definition) is 0. The highest BCUT2D eigenvalue weighted by atomic mass is 16.5. The largest absolute Gasteiger partial charge is 0.468 e. The quantitative estimate of drug-likeness (QED) is 0.669. The molecule has 4 nitrogen and oxygen atoms in total. The molecular formula is C12H23NO3. The van der Waals surface area contributed by atoms with E-state index in [1.165, 1.54) is 7.11 Å². The Morgan fingerprint density at radius 2 is 2.12 bits per heavy atom. The van der Waals surface area contributed by atoms with Crippen LogP contribution in [-0.2, 0) is 14.3 Å². The average Bonchev–Trinajstić information content (AvgIpc) is 2.73. The van der Waals surface area contributed by atoms with Crippen molar-refractivity contribution in [2.75, 3.05) is 27.3 Å². The van der Waals surface area contributed by atoms with Crippen molar-refractivity contribution in [1.29, 1.82) is 0 Å². The van der Waals surface area contributed by atoms with Crippen LogP contribution in [0.2, 0.25) is 0 Å². The van der Waals surface area contributed by atoms with E-state index >= 15 is 0 Å². The first-order valence-electron chi connectivity index (χ1n) is 5.87. The monoisotopic (exact) mass is 229 g/mol. The SMILES string of the molecule is COC(=O)C1CCCN1CCC(C)(C)OC. The van der Waals surface area contributed by atoms with E-state index in [1.807, 2.05) is 0 Å². The summed E-state index contributed by atoms with van der Waals surface area (Å²) >= 11 is 0. The lowest BCUT2D eigenvalue weighted by Gasteiger charge is -2.28. The molecule has 0 aromatic rings. The summed E-state index contributed by atoms with van der Waals surface area (Å²) in [5, 5.41) is 0. The Bertz CT molecular complexity index is 240. The second kappa shape index (κ2) is 5.64. The van der Waals surface area contributed by atoms with E-state index in [0.29, 0.717) is 0 Å². The zero-order valence-electron chi connectivity index (χ0n) is 10.8. The number of carbonyl (C=O) groups is 1. The highest BCUT2D eigenvalue weighted by Gasteiger charge is 2.32. The lowest BCUT2D eigenvalue weighted by molar-refractivity contribution is -0.146. The highest BCUT2D eigenvalue weighted by molar-refractivity contribution is 5.75. The van der Waals surface area contributed by atoms with Crippen molar-refractivity contribution in [2.45, 2.75) is 44.8 Å². The molecule has 0 aliphatic carbocycles. The number of esters is 1. The molecule has 1 saturated heterocycles. The van der Waals surface area contributed by atoms with Crippen molar-refractivity contribution in [3.05, 3.63) is 0 Å². The van der Waals surface area contributed by atoms with Gasteiger partial charge in [0.15, 0.2) is 0 Å².